The maximum atomic E-state index is 13.8. The Hall–Kier alpha value is -3.14. The number of amides is 2. The minimum atomic E-state index is -4.27. The average molecular weight is 581 g/mol. The maximum absolute atomic E-state index is 13.8. The number of rotatable bonds is 11. The third-order valence-electron chi connectivity index (χ3n) is 5.79. The summed E-state index contributed by atoms with van der Waals surface area (Å²) in [6.45, 7) is 3.14. The van der Waals surface area contributed by atoms with Crippen molar-refractivity contribution in [3.8, 4) is 0 Å². The molecule has 2 amide bonds. The molecular weight excluding hydrogens is 552 g/mol. The van der Waals surface area contributed by atoms with Gasteiger partial charge in [-0.05, 0) is 55.3 Å². The molecular formula is C27H28Cl2FN3O4S. The Kier molecular flexibility index (Phi) is 10.1. The van der Waals surface area contributed by atoms with E-state index in [4.69, 9.17) is 23.2 Å². The molecule has 0 unspecified atom stereocenters. The molecule has 0 saturated heterocycles. The molecule has 3 rings (SSSR count). The summed E-state index contributed by atoms with van der Waals surface area (Å²) in [6, 6.07) is 16.6. The van der Waals surface area contributed by atoms with Crippen LogP contribution in [0.1, 0.15) is 25.8 Å². The largest absolute Gasteiger partial charge is 0.354 e. The van der Waals surface area contributed by atoms with Gasteiger partial charge >= 0.3 is 0 Å². The van der Waals surface area contributed by atoms with Gasteiger partial charge in [-0.25, -0.2) is 12.8 Å². The first-order valence-corrected chi connectivity index (χ1v) is 14.1. The second kappa shape index (κ2) is 13.1. The van der Waals surface area contributed by atoms with E-state index in [1.807, 2.05) is 6.92 Å². The van der Waals surface area contributed by atoms with E-state index in [0.29, 0.717) is 18.5 Å². The number of benzene rings is 3. The average Bonchev–Trinajstić information content (AvgIpc) is 2.91. The topological polar surface area (TPSA) is 86.8 Å². The predicted octanol–water partition coefficient (Wildman–Crippen LogP) is 5.27. The lowest BCUT2D eigenvalue weighted by Gasteiger charge is -2.32. The van der Waals surface area contributed by atoms with Crippen LogP contribution >= 0.6 is 23.2 Å². The monoisotopic (exact) mass is 579 g/mol. The van der Waals surface area contributed by atoms with Gasteiger partial charge in [0.25, 0.3) is 10.0 Å². The minimum absolute atomic E-state index is 0.0150. The van der Waals surface area contributed by atoms with Crippen LogP contribution in [0.2, 0.25) is 10.0 Å². The molecule has 0 bridgehead atoms. The first kappa shape index (κ1) is 29.4. The van der Waals surface area contributed by atoms with Crippen LogP contribution in [-0.4, -0.2) is 44.3 Å². The number of anilines is 1. The lowest BCUT2D eigenvalue weighted by molar-refractivity contribution is -0.139. The molecule has 0 radical (unpaired) electrons. The molecule has 0 aliphatic carbocycles. The first-order chi connectivity index (χ1) is 18.1. The summed E-state index contributed by atoms with van der Waals surface area (Å²) in [4.78, 5) is 27.8. The Balaban J connectivity index is 2.04. The summed E-state index contributed by atoms with van der Waals surface area (Å²) < 4.78 is 41.8. The number of hydrogen-bond donors (Lipinski definition) is 1. The Labute approximate surface area is 232 Å². The normalized spacial score (nSPS) is 12.0. The van der Waals surface area contributed by atoms with Crippen molar-refractivity contribution < 1.29 is 22.4 Å². The van der Waals surface area contributed by atoms with Gasteiger partial charge in [0.2, 0.25) is 11.8 Å². The lowest BCUT2D eigenvalue weighted by Crippen LogP contribution is -2.51. The Morgan fingerprint density at radius 2 is 1.63 bits per heavy atom. The zero-order valence-electron chi connectivity index (χ0n) is 20.9. The Morgan fingerprint density at radius 3 is 2.26 bits per heavy atom. The van der Waals surface area contributed by atoms with Gasteiger partial charge in [0.05, 0.1) is 20.6 Å². The smallest absolute Gasteiger partial charge is 0.264 e. The molecule has 11 heteroatoms. The van der Waals surface area contributed by atoms with Crippen LogP contribution in [0.4, 0.5) is 10.1 Å². The fourth-order valence-electron chi connectivity index (χ4n) is 3.68. The SMILES string of the molecule is CCCNC(=O)[C@H](C)N(Cc1ccc(F)cc1)C(=O)CN(c1cccc(Cl)c1Cl)S(=O)(=O)c1ccccc1. The van der Waals surface area contributed by atoms with Crippen LogP contribution in [0.5, 0.6) is 0 Å². The zero-order chi connectivity index (χ0) is 27.9. The quantitative estimate of drug-likeness (QED) is 0.335. The molecule has 3 aromatic carbocycles. The van der Waals surface area contributed by atoms with Crippen molar-refractivity contribution in [1.82, 2.24) is 10.2 Å². The van der Waals surface area contributed by atoms with Crippen molar-refractivity contribution in [2.45, 2.75) is 37.8 Å². The first-order valence-electron chi connectivity index (χ1n) is 11.9. The number of carbonyl (C=O) groups is 2. The molecule has 3 aromatic rings. The number of carbonyl (C=O) groups excluding carboxylic acids is 2. The van der Waals surface area contributed by atoms with Crippen LogP contribution < -0.4 is 9.62 Å². The molecule has 0 aliphatic rings. The van der Waals surface area contributed by atoms with E-state index in [1.54, 1.807) is 25.1 Å². The fourth-order valence-corrected chi connectivity index (χ4v) is 5.58. The molecule has 0 aliphatic heterocycles. The van der Waals surface area contributed by atoms with Gasteiger partial charge in [-0.2, -0.15) is 0 Å². The second-order valence-corrected chi connectivity index (χ2v) is 11.2. The van der Waals surface area contributed by atoms with Gasteiger partial charge in [0.1, 0.15) is 18.4 Å². The molecule has 0 spiro atoms. The third-order valence-corrected chi connectivity index (χ3v) is 8.38. The van der Waals surface area contributed by atoms with Crippen LogP contribution in [0.3, 0.4) is 0 Å². The molecule has 7 nitrogen and oxygen atoms in total. The van der Waals surface area contributed by atoms with E-state index < -0.39 is 40.2 Å². The van der Waals surface area contributed by atoms with Crippen molar-refractivity contribution >= 4 is 50.7 Å². The lowest BCUT2D eigenvalue weighted by atomic mass is 10.1. The maximum Gasteiger partial charge on any atom is 0.264 e. The van der Waals surface area contributed by atoms with Gasteiger partial charge in [-0.3, -0.25) is 13.9 Å². The highest BCUT2D eigenvalue weighted by molar-refractivity contribution is 7.92. The van der Waals surface area contributed by atoms with Crippen molar-refractivity contribution in [2.24, 2.45) is 0 Å². The predicted molar refractivity (Wildman–Crippen MR) is 147 cm³/mol. The molecule has 1 atom stereocenters. The highest BCUT2D eigenvalue weighted by Gasteiger charge is 2.33. The van der Waals surface area contributed by atoms with E-state index in [9.17, 15) is 22.4 Å². The van der Waals surface area contributed by atoms with Crippen molar-refractivity contribution in [2.75, 3.05) is 17.4 Å². The number of nitrogens with one attached hydrogen (secondary N) is 1. The second-order valence-electron chi connectivity index (χ2n) is 8.51. The number of sulfonamides is 1. The molecule has 0 saturated carbocycles. The molecule has 202 valence electrons. The van der Waals surface area contributed by atoms with Gasteiger partial charge < -0.3 is 10.2 Å². The standard InChI is InChI=1S/C27H28Cl2FN3O4S/c1-3-16-31-27(35)19(2)32(17-20-12-14-21(30)15-13-20)25(34)18-33(24-11-7-10-23(28)26(24)29)38(36,37)22-8-5-4-6-9-22/h4-15,19H,3,16-18H2,1-2H3,(H,31,35)/t19-/m0/s1. The van der Waals surface area contributed by atoms with Crippen molar-refractivity contribution in [3.05, 3.63) is 94.2 Å². The van der Waals surface area contributed by atoms with Crippen LogP contribution in [0.15, 0.2) is 77.7 Å². The molecule has 0 aromatic heterocycles. The fraction of sp³-hybridized carbons (Fsp3) is 0.259. The summed E-state index contributed by atoms with van der Waals surface area (Å²) >= 11 is 12.6. The number of hydrogen-bond acceptors (Lipinski definition) is 4. The molecule has 38 heavy (non-hydrogen) atoms. The van der Waals surface area contributed by atoms with E-state index in [-0.39, 0.29) is 27.2 Å². The van der Waals surface area contributed by atoms with Gasteiger partial charge in [-0.15, -0.1) is 0 Å². The number of nitrogens with zero attached hydrogens (tertiary/aromatic N) is 2. The van der Waals surface area contributed by atoms with Gasteiger partial charge in [0, 0.05) is 13.1 Å². The van der Waals surface area contributed by atoms with E-state index in [1.165, 1.54) is 59.5 Å². The molecule has 0 heterocycles. The summed E-state index contributed by atoms with van der Waals surface area (Å²) in [6.07, 6.45) is 0.695. The van der Waals surface area contributed by atoms with Crippen LogP contribution in [-0.2, 0) is 26.2 Å². The van der Waals surface area contributed by atoms with E-state index >= 15 is 0 Å². The van der Waals surface area contributed by atoms with Crippen LogP contribution in [0.25, 0.3) is 0 Å². The summed E-state index contributed by atoms with van der Waals surface area (Å²) in [5.74, 6) is -1.51. The minimum Gasteiger partial charge on any atom is -0.354 e. The molecule has 1 N–H and O–H groups in total. The molecule has 0 fully saturated rings. The summed E-state index contributed by atoms with van der Waals surface area (Å²) in [5, 5.41) is 2.83. The van der Waals surface area contributed by atoms with Crippen molar-refractivity contribution in [1.29, 1.82) is 0 Å². The zero-order valence-corrected chi connectivity index (χ0v) is 23.2. The third kappa shape index (κ3) is 7.03. The van der Waals surface area contributed by atoms with Gasteiger partial charge in [-0.1, -0.05) is 66.5 Å². The number of halogens is 3. The van der Waals surface area contributed by atoms with Crippen LogP contribution in [0, 0.1) is 5.82 Å². The highest BCUT2D eigenvalue weighted by atomic mass is 35.5. The van der Waals surface area contributed by atoms with Crippen molar-refractivity contribution in [3.63, 3.8) is 0 Å². The summed E-state index contributed by atoms with van der Waals surface area (Å²) in [7, 11) is -4.27. The van der Waals surface area contributed by atoms with E-state index in [2.05, 4.69) is 5.32 Å². The summed E-state index contributed by atoms with van der Waals surface area (Å²) in [5.41, 5.74) is 0.578. The Bertz CT molecular complexity index is 1370. The Morgan fingerprint density at radius 1 is 0.974 bits per heavy atom. The van der Waals surface area contributed by atoms with Gasteiger partial charge in [0.15, 0.2) is 0 Å². The highest BCUT2D eigenvalue weighted by Crippen LogP contribution is 2.35. The van der Waals surface area contributed by atoms with E-state index in [0.717, 1.165) is 4.31 Å².